The quantitative estimate of drug-likeness (QED) is 0.356. The van der Waals surface area contributed by atoms with Crippen molar-refractivity contribution in [3.8, 4) is 0 Å². The molecule has 1 aromatic carbocycles. The summed E-state index contributed by atoms with van der Waals surface area (Å²) >= 11 is 0. The summed E-state index contributed by atoms with van der Waals surface area (Å²) in [6, 6.07) is 10.5. The largest absolute Gasteiger partial charge is 0.360 e. The van der Waals surface area contributed by atoms with E-state index in [2.05, 4.69) is 34.6 Å². The van der Waals surface area contributed by atoms with Crippen LogP contribution >= 0.6 is 0 Å². The highest BCUT2D eigenvalue weighted by Gasteiger charge is 2.20. The van der Waals surface area contributed by atoms with Crippen molar-refractivity contribution < 1.29 is 9.69 Å². The van der Waals surface area contributed by atoms with E-state index < -0.39 is 0 Å². The molecule has 1 fully saturated rings. The summed E-state index contributed by atoms with van der Waals surface area (Å²) in [6.07, 6.45) is 0.511. The van der Waals surface area contributed by atoms with E-state index in [0.717, 1.165) is 32.7 Å². The number of nitrogens with one attached hydrogen (secondary N) is 2. The van der Waals surface area contributed by atoms with Gasteiger partial charge in [-0.15, -0.1) is 0 Å². The van der Waals surface area contributed by atoms with Gasteiger partial charge in [0.1, 0.15) is 0 Å². The van der Waals surface area contributed by atoms with Crippen LogP contribution in [0.15, 0.2) is 30.3 Å². The Balaban J connectivity index is 1.76. The molecule has 0 saturated carbocycles. The molecular weight excluding hydrogens is 228 g/mol. The number of carbonyl (C=O) groups is 1. The number of hydrogen-bond acceptors (Lipinski definition) is 3. The maximum Gasteiger partial charge on any atom is 0.239 e. The molecule has 4 N–H and O–H groups in total. The van der Waals surface area contributed by atoms with E-state index in [1.165, 1.54) is 10.6 Å². The van der Waals surface area contributed by atoms with E-state index in [4.69, 9.17) is 5.84 Å². The highest BCUT2D eigenvalue weighted by molar-refractivity contribution is 5.75. The first-order valence-electron chi connectivity index (χ1n) is 6.42. The molecule has 1 amide bonds. The third kappa shape index (κ3) is 3.45. The Morgan fingerprint density at radius 2 is 1.94 bits per heavy atom. The minimum absolute atomic E-state index is 0.0759. The van der Waals surface area contributed by atoms with Gasteiger partial charge in [0.25, 0.3) is 0 Å². The van der Waals surface area contributed by atoms with Crippen LogP contribution in [0.4, 0.5) is 5.69 Å². The van der Waals surface area contributed by atoms with Gasteiger partial charge in [0, 0.05) is 5.69 Å². The number of rotatable bonds is 4. The molecule has 5 heteroatoms. The lowest BCUT2D eigenvalue weighted by molar-refractivity contribution is -0.900. The van der Waals surface area contributed by atoms with Gasteiger partial charge < -0.3 is 9.80 Å². The number of anilines is 1. The number of nitrogens with zero attached hydrogens (tertiary/aromatic N) is 1. The van der Waals surface area contributed by atoms with Gasteiger partial charge in [-0.2, -0.15) is 0 Å². The van der Waals surface area contributed by atoms with Crippen LogP contribution in [0, 0.1) is 0 Å². The average Bonchev–Trinajstić information content (AvgIpc) is 2.46. The fraction of sp³-hybridized carbons (Fsp3) is 0.462. The molecule has 1 aliphatic rings. The zero-order valence-electron chi connectivity index (χ0n) is 10.6. The predicted octanol–water partition coefficient (Wildman–Crippen LogP) is -1.23. The summed E-state index contributed by atoms with van der Waals surface area (Å²) in [6.45, 7) is 5.11. The maximum absolute atomic E-state index is 11.1. The number of amides is 1. The zero-order valence-corrected chi connectivity index (χ0v) is 10.6. The molecule has 1 aliphatic heterocycles. The smallest absolute Gasteiger partial charge is 0.239 e. The molecule has 1 heterocycles. The van der Waals surface area contributed by atoms with Crippen LogP contribution in [0.5, 0.6) is 0 Å². The lowest BCUT2D eigenvalue weighted by atomic mass is 10.2. The Morgan fingerprint density at radius 3 is 2.56 bits per heavy atom. The molecular formula is C13H21N4O+. The summed E-state index contributed by atoms with van der Waals surface area (Å²) in [7, 11) is 0. The van der Waals surface area contributed by atoms with E-state index in [1.54, 1.807) is 0 Å². The first-order chi connectivity index (χ1) is 8.79. The molecule has 98 valence electrons. The molecule has 5 nitrogen and oxygen atoms in total. The van der Waals surface area contributed by atoms with Gasteiger partial charge in [-0.25, -0.2) is 5.84 Å². The molecule has 0 atom stereocenters. The molecule has 18 heavy (non-hydrogen) atoms. The van der Waals surface area contributed by atoms with Gasteiger partial charge >= 0.3 is 0 Å². The summed E-state index contributed by atoms with van der Waals surface area (Å²) in [5.41, 5.74) is 3.46. The van der Waals surface area contributed by atoms with E-state index in [-0.39, 0.29) is 5.91 Å². The van der Waals surface area contributed by atoms with Crippen LogP contribution in [0.1, 0.15) is 6.42 Å². The summed E-state index contributed by atoms with van der Waals surface area (Å²) in [5.74, 6) is 4.99. The van der Waals surface area contributed by atoms with Crippen molar-refractivity contribution in [3.05, 3.63) is 30.3 Å². The van der Waals surface area contributed by atoms with Crippen LogP contribution in [-0.4, -0.2) is 38.6 Å². The first-order valence-corrected chi connectivity index (χ1v) is 6.42. The molecule has 0 spiro atoms. The van der Waals surface area contributed by atoms with E-state index in [1.807, 2.05) is 6.07 Å². The van der Waals surface area contributed by atoms with Crippen LogP contribution in [0.25, 0.3) is 0 Å². The van der Waals surface area contributed by atoms with E-state index in [0.29, 0.717) is 6.42 Å². The second kappa shape index (κ2) is 6.37. The van der Waals surface area contributed by atoms with Crippen molar-refractivity contribution >= 4 is 11.6 Å². The van der Waals surface area contributed by atoms with Gasteiger partial charge in [-0.05, 0) is 12.1 Å². The number of nitrogens with two attached hydrogens (primary N) is 1. The van der Waals surface area contributed by atoms with Crippen molar-refractivity contribution in [3.63, 3.8) is 0 Å². The van der Waals surface area contributed by atoms with Gasteiger partial charge in [0.2, 0.25) is 5.91 Å². The maximum atomic E-state index is 11.1. The Morgan fingerprint density at radius 1 is 1.28 bits per heavy atom. The van der Waals surface area contributed by atoms with Crippen LogP contribution < -0.4 is 21.1 Å². The van der Waals surface area contributed by atoms with Gasteiger partial charge in [-0.1, -0.05) is 18.2 Å². The van der Waals surface area contributed by atoms with Crippen molar-refractivity contribution in [1.29, 1.82) is 0 Å². The van der Waals surface area contributed by atoms with Gasteiger partial charge in [0.05, 0.1) is 39.1 Å². The van der Waals surface area contributed by atoms with E-state index in [9.17, 15) is 4.79 Å². The lowest BCUT2D eigenvalue weighted by Gasteiger charge is -2.33. The Hall–Kier alpha value is -1.59. The van der Waals surface area contributed by atoms with Gasteiger partial charge in [0.15, 0.2) is 0 Å². The topological polar surface area (TPSA) is 62.8 Å². The van der Waals surface area contributed by atoms with Crippen LogP contribution in [0.3, 0.4) is 0 Å². The molecule has 2 rings (SSSR count). The molecule has 0 aliphatic carbocycles. The molecule has 0 unspecified atom stereocenters. The standard InChI is InChI=1S/C13H20N4O/c14-15-13(18)6-7-16-8-10-17(11-9-16)12-4-2-1-3-5-12/h1-5H,6-11,14H2,(H,15,18)/p+1. The number of hydrazine groups is 1. The van der Waals surface area contributed by atoms with E-state index >= 15 is 0 Å². The number of carbonyl (C=O) groups excluding carboxylic acids is 1. The highest BCUT2D eigenvalue weighted by Crippen LogP contribution is 2.12. The molecule has 1 aromatic rings. The summed E-state index contributed by atoms with van der Waals surface area (Å²) in [5, 5.41) is 0. The second-order valence-electron chi connectivity index (χ2n) is 4.64. The average molecular weight is 249 g/mol. The molecule has 0 bridgehead atoms. The predicted molar refractivity (Wildman–Crippen MR) is 71.2 cm³/mol. The van der Waals surface area contributed by atoms with Crippen LogP contribution in [-0.2, 0) is 4.79 Å². The number of piperazine rings is 1. The third-order valence-corrected chi connectivity index (χ3v) is 3.46. The van der Waals surface area contributed by atoms with Crippen molar-refractivity contribution in [2.75, 3.05) is 37.6 Å². The number of hydrogen-bond donors (Lipinski definition) is 3. The lowest BCUT2D eigenvalue weighted by Crippen LogP contribution is -3.15. The normalized spacial score (nSPS) is 16.6. The number of benzene rings is 1. The first kappa shape index (κ1) is 12.9. The summed E-state index contributed by atoms with van der Waals surface area (Å²) < 4.78 is 0. The Kier molecular flexibility index (Phi) is 4.55. The third-order valence-electron chi connectivity index (χ3n) is 3.46. The van der Waals surface area contributed by atoms with Crippen molar-refractivity contribution in [2.24, 2.45) is 5.84 Å². The number of quaternary nitrogens is 1. The van der Waals surface area contributed by atoms with Crippen molar-refractivity contribution in [2.45, 2.75) is 6.42 Å². The fourth-order valence-corrected chi connectivity index (χ4v) is 2.33. The Bertz CT molecular complexity index is 374. The van der Waals surface area contributed by atoms with Gasteiger partial charge in [-0.3, -0.25) is 10.2 Å². The molecule has 0 aromatic heterocycles. The summed E-state index contributed by atoms with van der Waals surface area (Å²) in [4.78, 5) is 15.0. The highest BCUT2D eigenvalue weighted by atomic mass is 16.2. The molecule has 0 radical (unpaired) electrons. The zero-order chi connectivity index (χ0) is 12.8. The Labute approximate surface area is 108 Å². The SMILES string of the molecule is NNC(=O)CC[NH+]1CCN(c2ccccc2)CC1. The number of para-hydroxylation sites is 1. The second-order valence-corrected chi connectivity index (χ2v) is 4.64. The van der Waals surface area contributed by atoms with Crippen molar-refractivity contribution in [1.82, 2.24) is 5.43 Å². The monoisotopic (exact) mass is 249 g/mol. The molecule has 1 saturated heterocycles. The minimum atomic E-state index is -0.0759. The minimum Gasteiger partial charge on any atom is -0.360 e. The fourth-order valence-electron chi connectivity index (χ4n) is 2.33. The van der Waals surface area contributed by atoms with Crippen LogP contribution in [0.2, 0.25) is 0 Å².